The highest BCUT2D eigenvalue weighted by atomic mass is 32.2. The number of nitrogens with zero attached hydrogens (tertiary/aromatic N) is 3. The van der Waals surface area contributed by atoms with Crippen molar-refractivity contribution < 1.29 is 13.2 Å². The molecule has 2 atom stereocenters. The van der Waals surface area contributed by atoms with Crippen molar-refractivity contribution in [3.63, 3.8) is 0 Å². The summed E-state index contributed by atoms with van der Waals surface area (Å²) in [6, 6.07) is 0.497. The maximum Gasteiger partial charge on any atom is 0.219 e. The summed E-state index contributed by atoms with van der Waals surface area (Å²) in [4.78, 5) is 18.3. The fourth-order valence-corrected chi connectivity index (χ4v) is 4.31. The Morgan fingerprint density at radius 1 is 1.17 bits per heavy atom. The van der Waals surface area contributed by atoms with Crippen molar-refractivity contribution in [2.24, 2.45) is 11.1 Å². The number of primary sulfonamides is 1. The molecule has 134 valence electrons. The van der Waals surface area contributed by atoms with Gasteiger partial charge in [-0.05, 0) is 25.3 Å². The van der Waals surface area contributed by atoms with Crippen LogP contribution in [0.2, 0.25) is 0 Å². The maximum absolute atomic E-state index is 11.5. The fourth-order valence-electron chi connectivity index (χ4n) is 3.78. The summed E-state index contributed by atoms with van der Waals surface area (Å²) in [6.45, 7) is 10.3. The quantitative estimate of drug-likeness (QED) is 0.728. The summed E-state index contributed by atoms with van der Waals surface area (Å²) < 4.78 is 22.0. The average molecular weight is 346 g/mol. The molecular weight excluding hydrogens is 316 g/mol. The lowest BCUT2D eigenvalue weighted by Gasteiger charge is -2.30. The third-order valence-electron chi connectivity index (χ3n) is 5.00. The molecule has 2 unspecified atom stereocenters. The summed E-state index contributed by atoms with van der Waals surface area (Å²) in [5, 5.41) is 5.06. The molecule has 0 aromatic carbocycles. The molecule has 2 aliphatic rings. The standard InChI is InChI=1S/C15H30N4O3S/c1-13-11-17(5-4-10-23(16,21)22)12-15(13)19-7-3-6-18(8-9-19)14(2)20/h13,15H,3-12H2,1-2H3,(H2,16,21,22). The highest BCUT2D eigenvalue weighted by molar-refractivity contribution is 7.89. The van der Waals surface area contributed by atoms with Crippen molar-refractivity contribution in [3.05, 3.63) is 0 Å². The van der Waals surface area contributed by atoms with Crippen LogP contribution in [0.1, 0.15) is 26.7 Å². The molecule has 2 rings (SSSR count). The predicted octanol–water partition coefficient (Wildman–Crippen LogP) is -0.460. The van der Waals surface area contributed by atoms with Gasteiger partial charge in [0, 0.05) is 52.2 Å². The van der Waals surface area contributed by atoms with Gasteiger partial charge in [-0.25, -0.2) is 13.6 Å². The van der Waals surface area contributed by atoms with Gasteiger partial charge < -0.3 is 9.80 Å². The average Bonchev–Trinajstić information content (AvgIpc) is 2.66. The smallest absolute Gasteiger partial charge is 0.219 e. The summed E-state index contributed by atoms with van der Waals surface area (Å²) in [5.74, 6) is 0.782. The maximum atomic E-state index is 11.5. The van der Waals surface area contributed by atoms with E-state index in [2.05, 4.69) is 16.7 Å². The molecule has 2 fully saturated rings. The second-order valence-corrected chi connectivity index (χ2v) is 8.65. The molecule has 1 amide bonds. The molecule has 2 heterocycles. The minimum Gasteiger partial charge on any atom is -0.342 e. The Bertz CT molecular complexity index is 511. The van der Waals surface area contributed by atoms with Gasteiger partial charge in [-0.3, -0.25) is 9.69 Å². The van der Waals surface area contributed by atoms with Gasteiger partial charge in [0.1, 0.15) is 0 Å². The highest BCUT2D eigenvalue weighted by Crippen LogP contribution is 2.23. The number of hydrogen-bond acceptors (Lipinski definition) is 5. The number of rotatable bonds is 5. The second kappa shape index (κ2) is 7.92. The van der Waals surface area contributed by atoms with Crippen LogP contribution in [0.4, 0.5) is 0 Å². The number of carbonyl (C=O) groups is 1. The van der Waals surface area contributed by atoms with Crippen LogP contribution in [0.3, 0.4) is 0 Å². The van der Waals surface area contributed by atoms with Gasteiger partial charge in [0.05, 0.1) is 5.75 Å². The second-order valence-electron chi connectivity index (χ2n) is 6.92. The Hall–Kier alpha value is -0.700. The molecule has 0 saturated carbocycles. The molecule has 0 aromatic heterocycles. The lowest BCUT2D eigenvalue weighted by atomic mass is 10.0. The molecule has 0 spiro atoms. The Labute approximate surface area is 139 Å². The van der Waals surface area contributed by atoms with Crippen LogP contribution in [0.15, 0.2) is 0 Å². The van der Waals surface area contributed by atoms with Gasteiger partial charge in [-0.1, -0.05) is 6.92 Å². The Kier molecular flexibility index (Phi) is 6.41. The molecule has 0 aliphatic carbocycles. The number of hydrogen-bond donors (Lipinski definition) is 1. The summed E-state index contributed by atoms with van der Waals surface area (Å²) in [6.07, 6.45) is 1.62. The largest absolute Gasteiger partial charge is 0.342 e. The third kappa shape index (κ3) is 5.70. The first-order valence-electron chi connectivity index (χ1n) is 8.48. The molecule has 0 radical (unpaired) electrons. The van der Waals surface area contributed by atoms with E-state index >= 15 is 0 Å². The summed E-state index contributed by atoms with van der Waals surface area (Å²) in [7, 11) is -3.36. The van der Waals surface area contributed by atoms with Gasteiger partial charge in [-0.2, -0.15) is 0 Å². The van der Waals surface area contributed by atoms with E-state index in [1.165, 1.54) is 0 Å². The minimum atomic E-state index is -3.36. The van der Waals surface area contributed by atoms with Crippen molar-refractivity contribution in [2.75, 3.05) is 51.6 Å². The molecule has 2 aliphatic heterocycles. The number of carbonyl (C=O) groups excluding carboxylic acids is 1. The van der Waals surface area contributed by atoms with Crippen molar-refractivity contribution >= 4 is 15.9 Å². The summed E-state index contributed by atoms with van der Waals surface area (Å²) >= 11 is 0. The van der Waals surface area contributed by atoms with Crippen LogP contribution < -0.4 is 5.14 Å². The Balaban J connectivity index is 1.82. The molecule has 2 N–H and O–H groups in total. The van der Waals surface area contributed by atoms with Crippen LogP contribution in [-0.4, -0.2) is 86.6 Å². The predicted molar refractivity (Wildman–Crippen MR) is 90.4 cm³/mol. The molecule has 8 heteroatoms. The van der Waals surface area contributed by atoms with E-state index < -0.39 is 10.0 Å². The lowest BCUT2D eigenvalue weighted by Crippen LogP contribution is -2.43. The van der Waals surface area contributed by atoms with E-state index in [0.717, 1.165) is 52.2 Å². The zero-order valence-corrected chi connectivity index (χ0v) is 15.1. The monoisotopic (exact) mass is 346 g/mol. The topological polar surface area (TPSA) is 86.9 Å². The van der Waals surface area contributed by atoms with E-state index in [0.29, 0.717) is 18.4 Å². The third-order valence-corrected chi connectivity index (χ3v) is 5.85. The van der Waals surface area contributed by atoms with Crippen molar-refractivity contribution in [3.8, 4) is 0 Å². The van der Waals surface area contributed by atoms with E-state index in [1.54, 1.807) is 6.92 Å². The van der Waals surface area contributed by atoms with Crippen molar-refractivity contribution in [1.82, 2.24) is 14.7 Å². The zero-order chi connectivity index (χ0) is 17.0. The van der Waals surface area contributed by atoms with Gasteiger partial charge in [0.25, 0.3) is 0 Å². The van der Waals surface area contributed by atoms with Crippen molar-refractivity contribution in [1.29, 1.82) is 0 Å². The molecule has 0 aromatic rings. The fraction of sp³-hybridized carbons (Fsp3) is 0.933. The summed E-state index contributed by atoms with van der Waals surface area (Å²) in [5.41, 5.74) is 0. The lowest BCUT2D eigenvalue weighted by molar-refractivity contribution is -0.128. The molecule has 7 nitrogen and oxygen atoms in total. The van der Waals surface area contributed by atoms with Gasteiger partial charge in [0.15, 0.2) is 0 Å². The van der Waals surface area contributed by atoms with Crippen LogP contribution in [0.5, 0.6) is 0 Å². The van der Waals surface area contributed by atoms with E-state index in [9.17, 15) is 13.2 Å². The van der Waals surface area contributed by atoms with Crippen LogP contribution >= 0.6 is 0 Å². The highest BCUT2D eigenvalue weighted by Gasteiger charge is 2.34. The van der Waals surface area contributed by atoms with Crippen LogP contribution in [0, 0.1) is 5.92 Å². The van der Waals surface area contributed by atoms with E-state index in [4.69, 9.17) is 5.14 Å². The van der Waals surface area contributed by atoms with Crippen LogP contribution in [-0.2, 0) is 14.8 Å². The number of amides is 1. The van der Waals surface area contributed by atoms with Crippen molar-refractivity contribution in [2.45, 2.75) is 32.7 Å². The van der Waals surface area contributed by atoms with E-state index in [1.807, 2.05) is 4.90 Å². The molecular formula is C15H30N4O3S. The van der Waals surface area contributed by atoms with Gasteiger partial charge in [0.2, 0.25) is 15.9 Å². The zero-order valence-electron chi connectivity index (χ0n) is 14.3. The molecule has 0 bridgehead atoms. The first-order chi connectivity index (χ1) is 10.8. The van der Waals surface area contributed by atoms with Gasteiger partial charge >= 0.3 is 0 Å². The first kappa shape index (κ1) is 18.6. The molecule has 23 heavy (non-hydrogen) atoms. The number of sulfonamides is 1. The number of nitrogens with two attached hydrogens (primary N) is 1. The Morgan fingerprint density at radius 3 is 2.57 bits per heavy atom. The minimum absolute atomic E-state index is 0.0554. The first-order valence-corrected chi connectivity index (χ1v) is 10.2. The van der Waals surface area contributed by atoms with E-state index in [-0.39, 0.29) is 11.7 Å². The van der Waals surface area contributed by atoms with Crippen LogP contribution in [0.25, 0.3) is 0 Å². The van der Waals surface area contributed by atoms with Gasteiger partial charge in [-0.15, -0.1) is 0 Å². The number of likely N-dealkylation sites (tertiary alicyclic amines) is 1. The SMILES string of the molecule is CC(=O)N1CCCN(C2CN(CCCS(N)(=O)=O)CC2C)CC1. The Morgan fingerprint density at radius 2 is 1.91 bits per heavy atom. The molecule has 2 saturated heterocycles. The normalized spacial score (nSPS) is 28.0.